The normalized spacial score (nSPS) is 19.6. The van der Waals surface area contributed by atoms with E-state index in [4.69, 9.17) is 0 Å². The Morgan fingerprint density at radius 1 is 1.50 bits per heavy atom. The van der Waals surface area contributed by atoms with Crippen LogP contribution in [0.3, 0.4) is 0 Å². The average molecular weight is 346 g/mol. The van der Waals surface area contributed by atoms with E-state index in [1.54, 1.807) is 0 Å². The molecule has 1 fully saturated rings. The van der Waals surface area contributed by atoms with E-state index in [1.165, 1.54) is 11.5 Å². The van der Waals surface area contributed by atoms with Crippen molar-refractivity contribution in [1.82, 2.24) is 5.32 Å². The maximum Gasteiger partial charge on any atom is 0.251 e. The minimum atomic E-state index is 0.0324. The molecule has 1 N–H and O–H groups in total. The number of carbonyl (C=O) groups is 1. The maximum atomic E-state index is 12.1. The number of rotatable bonds is 3. The van der Waals surface area contributed by atoms with Gasteiger partial charge in [0.1, 0.15) is 0 Å². The molecule has 1 heterocycles. The van der Waals surface area contributed by atoms with Crippen LogP contribution in [0.2, 0.25) is 0 Å². The number of hydrogen-bond acceptors (Lipinski definition) is 3. The lowest BCUT2D eigenvalue weighted by molar-refractivity contribution is 0.0953. The quantitative estimate of drug-likeness (QED) is 0.910. The molecule has 0 spiro atoms. The van der Waals surface area contributed by atoms with Crippen molar-refractivity contribution in [3.8, 4) is 0 Å². The predicted octanol–water partition coefficient (Wildman–Crippen LogP) is 3.34. The summed E-state index contributed by atoms with van der Waals surface area (Å²) in [4.78, 5) is 12.1. The lowest BCUT2D eigenvalue weighted by atomic mass is 10.1. The average Bonchev–Trinajstić information content (AvgIpc) is 2.40. The molecule has 2 rings (SSSR count). The van der Waals surface area contributed by atoms with Crippen molar-refractivity contribution in [2.45, 2.75) is 12.2 Å². The highest BCUT2D eigenvalue weighted by Crippen LogP contribution is 2.23. The van der Waals surface area contributed by atoms with E-state index in [0.717, 1.165) is 27.9 Å². The van der Waals surface area contributed by atoms with Gasteiger partial charge < -0.3 is 5.32 Å². The molecule has 1 aliphatic rings. The summed E-state index contributed by atoms with van der Waals surface area (Å²) in [7, 11) is 0. The Balaban J connectivity index is 1.92. The van der Waals surface area contributed by atoms with Crippen molar-refractivity contribution >= 4 is 45.4 Å². The molecule has 98 valence electrons. The zero-order chi connectivity index (χ0) is 13.0. The van der Waals surface area contributed by atoms with Gasteiger partial charge in [0.2, 0.25) is 0 Å². The number of benzene rings is 1. The third kappa shape index (κ3) is 3.93. The van der Waals surface area contributed by atoms with Crippen molar-refractivity contribution in [3.63, 3.8) is 0 Å². The number of amides is 1. The lowest BCUT2D eigenvalue weighted by Gasteiger charge is -2.21. The number of aryl methyl sites for hydroxylation is 1. The van der Waals surface area contributed by atoms with Gasteiger partial charge in [-0.05, 0) is 24.6 Å². The van der Waals surface area contributed by atoms with E-state index in [1.807, 2.05) is 48.6 Å². The highest BCUT2D eigenvalue weighted by atomic mass is 79.9. The molecule has 0 aromatic heterocycles. The summed E-state index contributed by atoms with van der Waals surface area (Å²) in [6.07, 6.45) is 0. The lowest BCUT2D eigenvalue weighted by Crippen LogP contribution is -2.33. The first-order valence-electron chi connectivity index (χ1n) is 5.90. The minimum absolute atomic E-state index is 0.0324. The molecule has 1 saturated heterocycles. The third-order valence-electron chi connectivity index (χ3n) is 2.82. The molecule has 1 unspecified atom stereocenters. The topological polar surface area (TPSA) is 29.1 Å². The molecule has 0 saturated carbocycles. The van der Waals surface area contributed by atoms with Crippen LogP contribution in [0.5, 0.6) is 0 Å². The Labute approximate surface area is 125 Å². The molecular weight excluding hydrogens is 330 g/mol. The van der Waals surface area contributed by atoms with Gasteiger partial charge in [-0.25, -0.2) is 0 Å². The Morgan fingerprint density at radius 2 is 2.33 bits per heavy atom. The van der Waals surface area contributed by atoms with Crippen LogP contribution < -0.4 is 5.32 Å². The van der Waals surface area contributed by atoms with Gasteiger partial charge in [0.05, 0.1) is 0 Å². The van der Waals surface area contributed by atoms with Crippen LogP contribution >= 0.6 is 39.5 Å². The fourth-order valence-electron chi connectivity index (χ4n) is 1.80. The summed E-state index contributed by atoms with van der Waals surface area (Å²) >= 11 is 7.34. The fraction of sp³-hybridized carbons (Fsp3) is 0.462. The molecule has 0 radical (unpaired) electrons. The summed E-state index contributed by atoms with van der Waals surface area (Å²) in [5, 5.41) is 3.60. The molecule has 18 heavy (non-hydrogen) atoms. The van der Waals surface area contributed by atoms with Crippen LogP contribution in [0.1, 0.15) is 15.9 Å². The SMILES string of the molecule is Cc1ccc(Br)cc1C(=O)NCC1CSCCS1. The van der Waals surface area contributed by atoms with Crippen LogP contribution in [0.25, 0.3) is 0 Å². The smallest absolute Gasteiger partial charge is 0.251 e. The second-order valence-electron chi connectivity index (χ2n) is 4.24. The molecule has 1 aromatic rings. The summed E-state index contributed by atoms with van der Waals surface area (Å²) in [5.74, 6) is 3.61. The molecule has 1 aliphatic heterocycles. The summed E-state index contributed by atoms with van der Waals surface area (Å²) in [5.41, 5.74) is 1.78. The molecule has 0 bridgehead atoms. The minimum Gasteiger partial charge on any atom is -0.351 e. The maximum absolute atomic E-state index is 12.1. The fourth-order valence-corrected chi connectivity index (χ4v) is 4.77. The van der Waals surface area contributed by atoms with E-state index >= 15 is 0 Å². The Bertz CT molecular complexity index is 433. The summed E-state index contributed by atoms with van der Waals surface area (Å²) < 4.78 is 0.945. The Hall–Kier alpha value is -0.130. The molecule has 1 amide bonds. The second kappa shape index (κ2) is 6.87. The number of thioether (sulfide) groups is 2. The first-order valence-corrected chi connectivity index (χ1v) is 8.90. The Morgan fingerprint density at radius 3 is 3.06 bits per heavy atom. The van der Waals surface area contributed by atoms with Gasteiger partial charge in [0, 0.05) is 39.1 Å². The van der Waals surface area contributed by atoms with Crippen LogP contribution in [-0.2, 0) is 0 Å². The molecule has 1 aromatic carbocycles. The Kier molecular flexibility index (Phi) is 5.45. The van der Waals surface area contributed by atoms with Gasteiger partial charge in [-0.15, -0.1) is 0 Å². The largest absolute Gasteiger partial charge is 0.351 e. The zero-order valence-corrected chi connectivity index (χ0v) is 13.5. The van der Waals surface area contributed by atoms with Gasteiger partial charge in [-0.2, -0.15) is 23.5 Å². The standard InChI is InChI=1S/C13H16BrNOS2/c1-9-2-3-10(14)6-12(9)13(16)15-7-11-8-17-4-5-18-11/h2-3,6,11H,4-5,7-8H2,1H3,(H,15,16). The van der Waals surface area contributed by atoms with E-state index in [2.05, 4.69) is 21.2 Å². The van der Waals surface area contributed by atoms with Crippen molar-refractivity contribution < 1.29 is 4.79 Å². The van der Waals surface area contributed by atoms with Crippen LogP contribution in [-0.4, -0.2) is 35.0 Å². The van der Waals surface area contributed by atoms with Gasteiger partial charge in [-0.3, -0.25) is 4.79 Å². The van der Waals surface area contributed by atoms with Crippen molar-refractivity contribution in [1.29, 1.82) is 0 Å². The van der Waals surface area contributed by atoms with Crippen LogP contribution in [0, 0.1) is 6.92 Å². The molecular formula is C13H16BrNOS2. The van der Waals surface area contributed by atoms with Gasteiger partial charge >= 0.3 is 0 Å². The zero-order valence-electron chi connectivity index (χ0n) is 10.2. The highest BCUT2D eigenvalue weighted by Gasteiger charge is 2.16. The van der Waals surface area contributed by atoms with Gasteiger partial charge in [-0.1, -0.05) is 22.0 Å². The molecule has 5 heteroatoms. The number of carbonyl (C=O) groups excluding carboxylic acids is 1. The molecule has 2 nitrogen and oxygen atoms in total. The first-order chi connectivity index (χ1) is 8.66. The summed E-state index contributed by atoms with van der Waals surface area (Å²) in [6.45, 7) is 2.73. The number of nitrogens with one attached hydrogen (secondary N) is 1. The number of halogens is 1. The highest BCUT2D eigenvalue weighted by molar-refractivity contribution is 9.10. The van der Waals surface area contributed by atoms with E-state index in [-0.39, 0.29) is 5.91 Å². The van der Waals surface area contributed by atoms with Crippen LogP contribution in [0.4, 0.5) is 0 Å². The van der Waals surface area contributed by atoms with E-state index in [9.17, 15) is 4.79 Å². The van der Waals surface area contributed by atoms with Crippen LogP contribution in [0.15, 0.2) is 22.7 Å². The van der Waals surface area contributed by atoms with Crippen molar-refractivity contribution in [2.75, 3.05) is 23.8 Å². The summed E-state index contributed by atoms with van der Waals surface area (Å²) in [6, 6.07) is 5.80. The van der Waals surface area contributed by atoms with E-state index in [0.29, 0.717) is 5.25 Å². The van der Waals surface area contributed by atoms with Gasteiger partial charge in [0.15, 0.2) is 0 Å². The molecule has 1 atom stereocenters. The second-order valence-corrected chi connectivity index (χ2v) is 7.71. The monoisotopic (exact) mass is 345 g/mol. The van der Waals surface area contributed by atoms with Crippen molar-refractivity contribution in [2.24, 2.45) is 0 Å². The third-order valence-corrected chi connectivity index (χ3v) is 6.16. The first kappa shape index (κ1) is 14.3. The van der Waals surface area contributed by atoms with Gasteiger partial charge in [0.25, 0.3) is 5.91 Å². The predicted molar refractivity (Wildman–Crippen MR) is 84.8 cm³/mol. The van der Waals surface area contributed by atoms with E-state index < -0.39 is 0 Å². The number of hydrogen-bond donors (Lipinski definition) is 1. The van der Waals surface area contributed by atoms with Crippen molar-refractivity contribution in [3.05, 3.63) is 33.8 Å². The molecule has 0 aliphatic carbocycles.